The minimum absolute atomic E-state index is 0.376. The van der Waals surface area contributed by atoms with E-state index in [1.807, 2.05) is 0 Å². The summed E-state index contributed by atoms with van der Waals surface area (Å²) in [7, 11) is -3.14. The first kappa shape index (κ1) is 41.9. The van der Waals surface area contributed by atoms with Crippen molar-refractivity contribution < 1.29 is 8.85 Å². The van der Waals surface area contributed by atoms with Crippen LogP contribution in [0.2, 0.25) is 39.3 Å². The molecular formula is C40H80N2O2Si2. The molecule has 0 N–H and O–H groups in total. The number of hydrogen-bond donors (Lipinski definition) is 0. The van der Waals surface area contributed by atoms with E-state index in [2.05, 4.69) is 109 Å². The molecule has 0 bridgehead atoms. The molecule has 0 spiro atoms. The summed E-state index contributed by atoms with van der Waals surface area (Å²) in [4.78, 5) is 11.9. The maximum absolute atomic E-state index is 6.41. The molecule has 0 heterocycles. The summed E-state index contributed by atoms with van der Waals surface area (Å²) >= 11 is 0. The summed E-state index contributed by atoms with van der Waals surface area (Å²) in [6.07, 6.45) is 9.18. The van der Waals surface area contributed by atoms with Crippen LogP contribution in [0.5, 0.6) is 0 Å². The first-order valence-corrected chi connectivity index (χ1v) is 26.4. The Morgan fingerprint density at radius 3 is 1.00 bits per heavy atom. The van der Waals surface area contributed by atoms with E-state index < -0.39 is 16.6 Å². The van der Waals surface area contributed by atoms with Crippen LogP contribution in [-0.2, 0) is 8.85 Å². The summed E-state index contributed by atoms with van der Waals surface area (Å²) in [5.41, 5.74) is 2.62. The number of hydrogen-bond acceptors (Lipinski definition) is 4. The standard InChI is InChI=1S/C40H80N2O2Si2/c1-27(2)33-23-31(9)24-34(28(3)4)39(33)41-37(19-17-21-43-45(11,12)13)38(20-18-22-44-46(14,15)16)42-40-35(29(5)6)25-32(10)26-36(40)30(7)8/h27-36,39-40H,17-26H2,1-16H3. The first-order valence-electron chi connectivity index (χ1n) is 19.6. The molecule has 4 unspecified atom stereocenters. The maximum atomic E-state index is 6.41. The zero-order chi connectivity index (χ0) is 35.0. The SMILES string of the molecule is CC1CC(C(C)C)C(N=C(CCCO[Si](C)(C)C)C(CCCO[Si](C)(C)C)=NC2C(C(C)C)CC(C)CC2C(C)C)C(C(C)C)C1. The molecular weight excluding hydrogens is 597 g/mol. The Morgan fingerprint density at radius 1 is 0.522 bits per heavy atom. The third-order valence-electron chi connectivity index (χ3n) is 11.0. The molecule has 0 saturated heterocycles. The van der Waals surface area contributed by atoms with Gasteiger partial charge in [-0.15, -0.1) is 0 Å². The van der Waals surface area contributed by atoms with Crippen LogP contribution < -0.4 is 0 Å². The summed E-state index contributed by atoms with van der Waals surface area (Å²) in [5.74, 6) is 6.60. The summed E-state index contributed by atoms with van der Waals surface area (Å²) in [6.45, 7) is 40.0. The van der Waals surface area contributed by atoms with Crippen molar-refractivity contribution in [2.75, 3.05) is 13.2 Å². The lowest BCUT2D eigenvalue weighted by molar-refractivity contribution is 0.105. The fraction of sp³-hybridized carbons (Fsp3) is 0.950. The van der Waals surface area contributed by atoms with Gasteiger partial charge in [-0.3, -0.25) is 9.98 Å². The average Bonchev–Trinajstić information content (AvgIpc) is 2.91. The van der Waals surface area contributed by atoms with Gasteiger partial charge in [0.25, 0.3) is 0 Å². The molecule has 2 rings (SSSR count). The van der Waals surface area contributed by atoms with E-state index in [9.17, 15) is 0 Å². The summed E-state index contributed by atoms with van der Waals surface area (Å²) < 4.78 is 12.8. The van der Waals surface area contributed by atoms with Gasteiger partial charge in [0, 0.05) is 13.2 Å². The minimum Gasteiger partial charge on any atom is -0.418 e. The third kappa shape index (κ3) is 13.9. The average molecular weight is 677 g/mol. The van der Waals surface area contributed by atoms with Gasteiger partial charge >= 0.3 is 0 Å². The van der Waals surface area contributed by atoms with E-state index in [1.54, 1.807) is 0 Å². The molecule has 2 fully saturated rings. The minimum atomic E-state index is -1.57. The van der Waals surface area contributed by atoms with Crippen LogP contribution in [0.15, 0.2) is 9.98 Å². The highest BCUT2D eigenvalue weighted by atomic mass is 28.4. The zero-order valence-corrected chi connectivity index (χ0v) is 35.7. The first-order chi connectivity index (χ1) is 21.2. The second kappa shape index (κ2) is 18.6. The lowest BCUT2D eigenvalue weighted by atomic mass is 9.65. The highest BCUT2D eigenvalue weighted by Crippen LogP contribution is 2.44. The van der Waals surface area contributed by atoms with Crippen molar-refractivity contribution in [3.05, 3.63) is 0 Å². The fourth-order valence-electron chi connectivity index (χ4n) is 8.46. The van der Waals surface area contributed by atoms with Gasteiger partial charge in [0.1, 0.15) is 0 Å². The van der Waals surface area contributed by atoms with Crippen LogP contribution in [0.25, 0.3) is 0 Å². The van der Waals surface area contributed by atoms with Crippen molar-refractivity contribution >= 4 is 28.1 Å². The van der Waals surface area contributed by atoms with Gasteiger partial charge in [0.05, 0.1) is 23.5 Å². The van der Waals surface area contributed by atoms with Crippen molar-refractivity contribution in [1.82, 2.24) is 0 Å². The molecule has 0 aromatic heterocycles. The van der Waals surface area contributed by atoms with E-state index in [0.717, 1.165) is 50.7 Å². The van der Waals surface area contributed by atoms with Gasteiger partial charge in [-0.25, -0.2) is 0 Å². The smallest absolute Gasteiger partial charge is 0.183 e. The van der Waals surface area contributed by atoms with Crippen LogP contribution in [0.3, 0.4) is 0 Å². The van der Waals surface area contributed by atoms with Crippen LogP contribution in [-0.4, -0.2) is 53.4 Å². The Morgan fingerprint density at radius 2 is 0.783 bits per heavy atom. The molecule has 2 aliphatic carbocycles. The third-order valence-corrected chi connectivity index (χ3v) is 13.1. The molecule has 0 aliphatic heterocycles. The van der Waals surface area contributed by atoms with E-state index in [-0.39, 0.29) is 0 Å². The van der Waals surface area contributed by atoms with Gasteiger partial charge in [-0.05, 0) is 150 Å². The van der Waals surface area contributed by atoms with Gasteiger partial charge in [-0.2, -0.15) is 0 Å². The molecule has 6 heteroatoms. The molecule has 4 nitrogen and oxygen atoms in total. The van der Waals surface area contributed by atoms with Gasteiger partial charge < -0.3 is 8.85 Å². The van der Waals surface area contributed by atoms with Gasteiger partial charge in [-0.1, -0.05) is 69.2 Å². The lowest BCUT2D eigenvalue weighted by Gasteiger charge is -2.44. The van der Waals surface area contributed by atoms with Gasteiger partial charge in [0.15, 0.2) is 16.6 Å². The molecule has 0 aromatic carbocycles. The largest absolute Gasteiger partial charge is 0.418 e. The van der Waals surface area contributed by atoms with E-state index in [4.69, 9.17) is 18.8 Å². The lowest BCUT2D eigenvalue weighted by Crippen LogP contribution is -2.42. The predicted molar refractivity (Wildman–Crippen MR) is 210 cm³/mol. The predicted octanol–water partition coefficient (Wildman–Crippen LogP) is 11.8. The Balaban J connectivity index is 2.70. The molecule has 2 saturated carbocycles. The zero-order valence-electron chi connectivity index (χ0n) is 33.7. The van der Waals surface area contributed by atoms with E-state index in [0.29, 0.717) is 59.4 Å². The van der Waals surface area contributed by atoms with Gasteiger partial charge in [0.2, 0.25) is 0 Å². The molecule has 2 aliphatic rings. The Bertz CT molecular complexity index is 834. The van der Waals surface area contributed by atoms with Crippen molar-refractivity contribution in [3.63, 3.8) is 0 Å². The second-order valence-electron chi connectivity index (χ2n) is 19.0. The Hall–Kier alpha value is -0.306. The molecule has 270 valence electrons. The second-order valence-corrected chi connectivity index (χ2v) is 28.1. The number of nitrogens with zero attached hydrogens (tertiary/aromatic N) is 2. The van der Waals surface area contributed by atoms with Crippen molar-refractivity contribution in [2.45, 2.75) is 172 Å². The molecule has 46 heavy (non-hydrogen) atoms. The molecule has 4 atom stereocenters. The van der Waals surface area contributed by atoms with Crippen molar-refractivity contribution in [1.29, 1.82) is 0 Å². The quantitative estimate of drug-likeness (QED) is 0.0874. The Labute approximate surface area is 290 Å². The van der Waals surface area contributed by atoms with Crippen molar-refractivity contribution in [3.8, 4) is 0 Å². The number of rotatable bonds is 17. The Kier molecular flexibility index (Phi) is 16.9. The fourth-order valence-corrected chi connectivity index (χ4v) is 9.97. The highest BCUT2D eigenvalue weighted by Gasteiger charge is 2.41. The van der Waals surface area contributed by atoms with Crippen molar-refractivity contribution in [2.24, 2.45) is 69.2 Å². The van der Waals surface area contributed by atoms with Crippen LogP contribution in [0.1, 0.15) is 121 Å². The molecule has 0 aromatic rings. The van der Waals surface area contributed by atoms with E-state index >= 15 is 0 Å². The topological polar surface area (TPSA) is 43.2 Å². The normalized spacial score (nSPS) is 30.7. The molecule has 0 amide bonds. The number of aliphatic imine (C=N–C) groups is 2. The maximum Gasteiger partial charge on any atom is 0.183 e. The summed E-state index contributed by atoms with van der Waals surface area (Å²) in [6, 6.07) is 0.751. The summed E-state index contributed by atoms with van der Waals surface area (Å²) in [5, 5.41) is 0. The van der Waals surface area contributed by atoms with E-state index in [1.165, 1.54) is 37.1 Å². The van der Waals surface area contributed by atoms with Crippen LogP contribution in [0.4, 0.5) is 0 Å². The molecule has 0 radical (unpaired) electrons. The van der Waals surface area contributed by atoms with Crippen LogP contribution >= 0.6 is 0 Å². The highest BCUT2D eigenvalue weighted by molar-refractivity contribution is 6.70. The van der Waals surface area contributed by atoms with Crippen LogP contribution in [0, 0.1) is 59.2 Å². The monoisotopic (exact) mass is 677 g/mol.